The van der Waals surface area contributed by atoms with E-state index in [2.05, 4.69) is 0 Å². The van der Waals surface area contributed by atoms with E-state index in [0.717, 1.165) is 12.8 Å². The molecule has 0 aromatic heterocycles. The minimum Gasteiger partial charge on any atom is -0.444 e. The second-order valence-electron chi connectivity index (χ2n) is 6.82. The third-order valence-corrected chi connectivity index (χ3v) is 6.34. The summed E-state index contributed by atoms with van der Waals surface area (Å²) in [7, 11) is -3.19. The fraction of sp³-hybridized carbons (Fsp3) is 0.929. The van der Waals surface area contributed by atoms with E-state index in [1.165, 1.54) is 0 Å². The lowest BCUT2D eigenvalue weighted by molar-refractivity contribution is 0.0216. The van der Waals surface area contributed by atoms with Crippen molar-refractivity contribution in [2.24, 2.45) is 0 Å². The molecule has 0 bridgehead atoms. The Hall–Kier alpha value is -0.820. The van der Waals surface area contributed by atoms with Crippen molar-refractivity contribution in [2.75, 3.05) is 26.2 Å². The maximum Gasteiger partial charge on any atom is 0.410 e. The van der Waals surface area contributed by atoms with Crippen LogP contribution in [0.3, 0.4) is 0 Å². The quantitative estimate of drug-likeness (QED) is 0.779. The highest BCUT2D eigenvalue weighted by atomic mass is 32.2. The Labute approximate surface area is 127 Å². The number of piperidine rings is 1. The molecule has 0 aromatic rings. The number of ether oxygens (including phenoxy) is 1. The largest absolute Gasteiger partial charge is 0.444 e. The first kappa shape index (κ1) is 16.5. The number of rotatable bonds is 2. The molecular weight excluding hydrogens is 292 g/mol. The van der Waals surface area contributed by atoms with E-state index >= 15 is 0 Å². The highest BCUT2D eigenvalue weighted by molar-refractivity contribution is 7.89. The normalized spacial score (nSPS) is 22.5. The van der Waals surface area contributed by atoms with Gasteiger partial charge in [-0.05, 0) is 46.5 Å². The molecule has 2 rings (SSSR count). The average molecular weight is 318 g/mol. The van der Waals surface area contributed by atoms with Gasteiger partial charge >= 0.3 is 6.09 Å². The zero-order chi connectivity index (χ0) is 15.7. The van der Waals surface area contributed by atoms with Crippen LogP contribution in [0, 0.1) is 0 Å². The summed E-state index contributed by atoms with van der Waals surface area (Å²) in [6.07, 6.45) is 2.56. The smallest absolute Gasteiger partial charge is 0.410 e. The van der Waals surface area contributed by atoms with Crippen molar-refractivity contribution >= 4 is 16.1 Å². The molecule has 2 fully saturated rings. The molecule has 0 spiro atoms. The first-order valence-electron chi connectivity index (χ1n) is 7.67. The molecule has 7 heteroatoms. The van der Waals surface area contributed by atoms with Gasteiger partial charge in [-0.3, -0.25) is 0 Å². The Morgan fingerprint density at radius 2 is 1.57 bits per heavy atom. The SMILES string of the molecule is CC(C)(C)OC(=O)N1CCC(S(=O)(=O)N2CCCC2)CC1. The highest BCUT2D eigenvalue weighted by Crippen LogP contribution is 2.25. The van der Waals surface area contributed by atoms with Gasteiger partial charge in [-0.25, -0.2) is 17.5 Å². The molecule has 0 saturated carbocycles. The van der Waals surface area contributed by atoms with Crippen LogP contribution in [0.2, 0.25) is 0 Å². The number of amides is 1. The van der Waals surface area contributed by atoms with Crippen LogP contribution in [0.4, 0.5) is 4.79 Å². The number of hydrogen-bond donors (Lipinski definition) is 0. The number of likely N-dealkylation sites (tertiary alicyclic amines) is 1. The molecular formula is C14H26N2O4S. The molecule has 0 aliphatic carbocycles. The maximum atomic E-state index is 12.5. The molecule has 0 radical (unpaired) electrons. The van der Waals surface area contributed by atoms with Crippen molar-refractivity contribution in [1.29, 1.82) is 0 Å². The Morgan fingerprint density at radius 1 is 1.05 bits per heavy atom. The van der Waals surface area contributed by atoms with Crippen LogP contribution in [0.25, 0.3) is 0 Å². The lowest BCUT2D eigenvalue weighted by atomic mass is 10.1. The summed E-state index contributed by atoms with van der Waals surface area (Å²) in [4.78, 5) is 13.6. The molecule has 2 aliphatic heterocycles. The molecule has 1 amide bonds. The Kier molecular flexibility index (Phi) is 4.82. The number of sulfonamides is 1. The lowest BCUT2D eigenvalue weighted by Gasteiger charge is -2.34. The van der Waals surface area contributed by atoms with Crippen molar-refractivity contribution in [1.82, 2.24) is 9.21 Å². The Bertz CT molecular complexity index is 470. The van der Waals surface area contributed by atoms with E-state index in [9.17, 15) is 13.2 Å². The van der Waals surface area contributed by atoms with Gasteiger partial charge in [-0.15, -0.1) is 0 Å². The van der Waals surface area contributed by atoms with Crippen LogP contribution < -0.4 is 0 Å². The van der Waals surface area contributed by atoms with Gasteiger partial charge in [-0.1, -0.05) is 0 Å². The van der Waals surface area contributed by atoms with Crippen LogP contribution >= 0.6 is 0 Å². The first-order valence-corrected chi connectivity index (χ1v) is 9.17. The number of hydrogen-bond acceptors (Lipinski definition) is 4. The molecule has 0 atom stereocenters. The minimum atomic E-state index is -3.19. The van der Waals surface area contributed by atoms with E-state index in [1.54, 1.807) is 9.21 Å². The van der Waals surface area contributed by atoms with Crippen LogP contribution in [0.15, 0.2) is 0 Å². The molecule has 2 aliphatic rings. The van der Waals surface area contributed by atoms with Gasteiger partial charge in [0, 0.05) is 26.2 Å². The summed E-state index contributed by atoms with van der Waals surface area (Å²) in [6.45, 7) is 7.68. The van der Waals surface area contributed by atoms with Crippen LogP contribution in [-0.4, -0.2) is 60.7 Å². The monoisotopic (exact) mass is 318 g/mol. The molecule has 0 aromatic carbocycles. The third kappa shape index (κ3) is 4.10. The number of carbonyl (C=O) groups is 1. The lowest BCUT2D eigenvalue weighted by Crippen LogP contribution is -2.47. The Balaban J connectivity index is 1.89. The zero-order valence-electron chi connectivity index (χ0n) is 13.2. The summed E-state index contributed by atoms with van der Waals surface area (Å²) < 4.78 is 31.9. The first-order chi connectivity index (χ1) is 9.70. The van der Waals surface area contributed by atoms with Gasteiger partial charge in [0.25, 0.3) is 0 Å². The predicted octanol–water partition coefficient (Wildman–Crippen LogP) is 1.81. The van der Waals surface area contributed by atoms with Crippen LogP contribution in [0.5, 0.6) is 0 Å². The van der Waals surface area contributed by atoms with Gasteiger partial charge < -0.3 is 9.64 Å². The zero-order valence-corrected chi connectivity index (χ0v) is 14.0. The molecule has 6 nitrogen and oxygen atoms in total. The summed E-state index contributed by atoms with van der Waals surface area (Å²) in [5.41, 5.74) is -0.518. The molecule has 2 heterocycles. The standard InChI is InChI=1S/C14H26N2O4S/c1-14(2,3)20-13(17)15-10-6-12(7-11-15)21(18,19)16-8-4-5-9-16/h12H,4-11H2,1-3H3. The number of carbonyl (C=O) groups excluding carboxylic acids is 1. The van der Waals surface area contributed by atoms with Crippen molar-refractivity contribution in [2.45, 2.75) is 57.3 Å². The van der Waals surface area contributed by atoms with Gasteiger partial charge in [0.05, 0.1) is 5.25 Å². The molecule has 0 N–H and O–H groups in total. The molecule has 2 saturated heterocycles. The fourth-order valence-electron chi connectivity index (χ4n) is 2.82. The van der Waals surface area contributed by atoms with Crippen molar-refractivity contribution in [3.63, 3.8) is 0 Å². The van der Waals surface area contributed by atoms with E-state index in [4.69, 9.17) is 4.74 Å². The summed E-state index contributed by atoms with van der Waals surface area (Å²) in [5.74, 6) is 0. The number of nitrogens with zero attached hydrogens (tertiary/aromatic N) is 2. The van der Waals surface area contributed by atoms with Crippen molar-refractivity contribution in [3.05, 3.63) is 0 Å². The third-order valence-electron chi connectivity index (χ3n) is 3.94. The molecule has 122 valence electrons. The summed E-state index contributed by atoms with van der Waals surface area (Å²) in [6, 6.07) is 0. The van der Waals surface area contributed by atoms with Gasteiger partial charge in [0.2, 0.25) is 10.0 Å². The molecule has 0 unspecified atom stereocenters. The summed E-state index contributed by atoms with van der Waals surface area (Å²) in [5, 5.41) is -0.353. The van der Waals surface area contributed by atoms with Gasteiger partial charge in [-0.2, -0.15) is 0 Å². The van der Waals surface area contributed by atoms with Gasteiger partial charge in [0.1, 0.15) is 5.60 Å². The van der Waals surface area contributed by atoms with E-state index in [1.807, 2.05) is 20.8 Å². The topological polar surface area (TPSA) is 66.9 Å². The van der Waals surface area contributed by atoms with E-state index in [-0.39, 0.29) is 11.3 Å². The highest BCUT2D eigenvalue weighted by Gasteiger charge is 2.37. The van der Waals surface area contributed by atoms with Crippen LogP contribution in [0.1, 0.15) is 46.5 Å². The van der Waals surface area contributed by atoms with E-state index in [0.29, 0.717) is 39.0 Å². The maximum absolute atomic E-state index is 12.5. The second-order valence-corrected chi connectivity index (χ2v) is 9.03. The fourth-order valence-corrected chi connectivity index (χ4v) is 4.81. The van der Waals surface area contributed by atoms with Crippen LogP contribution in [-0.2, 0) is 14.8 Å². The predicted molar refractivity (Wildman–Crippen MR) is 80.6 cm³/mol. The summed E-state index contributed by atoms with van der Waals surface area (Å²) >= 11 is 0. The Morgan fingerprint density at radius 3 is 2.05 bits per heavy atom. The van der Waals surface area contributed by atoms with Crippen molar-refractivity contribution < 1.29 is 17.9 Å². The second kappa shape index (κ2) is 6.12. The average Bonchev–Trinajstić information content (AvgIpc) is 2.91. The molecule has 21 heavy (non-hydrogen) atoms. The van der Waals surface area contributed by atoms with Gasteiger partial charge in [0.15, 0.2) is 0 Å². The van der Waals surface area contributed by atoms with Crippen molar-refractivity contribution in [3.8, 4) is 0 Å². The van der Waals surface area contributed by atoms with E-state index < -0.39 is 15.6 Å². The minimum absolute atomic E-state index is 0.348.